The molecule has 7 heteroatoms. The van der Waals surface area contributed by atoms with E-state index in [0.717, 1.165) is 11.4 Å². The second kappa shape index (κ2) is 8.35. The first-order valence-electron chi connectivity index (χ1n) is 9.06. The maximum Gasteiger partial charge on any atom is 0.325 e. The van der Waals surface area contributed by atoms with E-state index in [1.165, 1.54) is 12.1 Å². The Hall–Kier alpha value is -2.67. The Balaban J connectivity index is 1.78. The highest BCUT2D eigenvalue weighted by atomic mass is 19.1. The van der Waals surface area contributed by atoms with Crippen LogP contribution in [0.15, 0.2) is 36.5 Å². The predicted molar refractivity (Wildman–Crippen MR) is 101 cm³/mol. The molecule has 0 spiro atoms. The van der Waals surface area contributed by atoms with Gasteiger partial charge in [0.2, 0.25) is 0 Å². The SMILES string of the molecule is CCOc1cc(F)cc(C(C(=O)O)N2CCN(c3ncccc3C)CC2)c1. The molecule has 144 valence electrons. The number of piperazine rings is 1. The molecule has 3 rings (SSSR count). The van der Waals surface area contributed by atoms with E-state index in [-0.39, 0.29) is 0 Å². The van der Waals surface area contributed by atoms with Crippen molar-refractivity contribution in [2.75, 3.05) is 37.7 Å². The number of pyridine rings is 1. The lowest BCUT2D eigenvalue weighted by Gasteiger charge is -2.38. The third-order valence-corrected chi connectivity index (χ3v) is 4.72. The van der Waals surface area contributed by atoms with Gasteiger partial charge in [-0.3, -0.25) is 9.69 Å². The number of halogens is 1. The Morgan fingerprint density at radius 2 is 2.04 bits per heavy atom. The highest BCUT2D eigenvalue weighted by molar-refractivity contribution is 5.76. The summed E-state index contributed by atoms with van der Waals surface area (Å²) in [6, 6.07) is 7.16. The molecule has 0 aliphatic carbocycles. The molecular weight excluding hydrogens is 349 g/mol. The molecule has 6 nitrogen and oxygen atoms in total. The number of carboxylic acids is 1. The summed E-state index contributed by atoms with van der Waals surface area (Å²) in [5.74, 6) is -0.217. The minimum absolute atomic E-state index is 0.349. The molecule has 2 heterocycles. The topological polar surface area (TPSA) is 65.9 Å². The molecule has 0 bridgehead atoms. The van der Waals surface area contributed by atoms with Gasteiger partial charge in [-0.2, -0.15) is 0 Å². The number of hydrogen-bond acceptors (Lipinski definition) is 5. The van der Waals surface area contributed by atoms with Crippen molar-refractivity contribution in [3.05, 3.63) is 53.5 Å². The lowest BCUT2D eigenvalue weighted by Crippen LogP contribution is -2.49. The number of anilines is 1. The summed E-state index contributed by atoms with van der Waals surface area (Å²) >= 11 is 0. The molecule has 1 atom stereocenters. The largest absolute Gasteiger partial charge is 0.494 e. The second-order valence-corrected chi connectivity index (χ2v) is 6.56. The molecule has 2 aromatic rings. The van der Waals surface area contributed by atoms with Gasteiger partial charge in [-0.05, 0) is 43.2 Å². The number of hydrogen-bond donors (Lipinski definition) is 1. The number of nitrogens with zero attached hydrogens (tertiary/aromatic N) is 3. The molecule has 1 aliphatic rings. The first-order valence-corrected chi connectivity index (χ1v) is 9.06. The normalized spacial score (nSPS) is 16.2. The van der Waals surface area contributed by atoms with Crippen molar-refractivity contribution in [1.82, 2.24) is 9.88 Å². The Morgan fingerprint density at radius 1 is 1.30 bits per heavy atom. The van der Waals surface area contributed by atoms with Crippen molar-refractivity contribution in [1.29, 1.82) is 0 Å². The molecule has 1 fully saturated rings. The van der Waals surface area contributed by atoms with E-state index in [1.54, 1.807) is 19.2 Å². The van der Waals surface area contributed by atoms with E-state index in [4.69, 9.17) is 4.74 Å². The summed E-state index contributed by atoms with van der Waals surface area (Å²) in [6.45, 7) is 6.63. The Morgan fingerprint density at radius 3 is 2.67 bits per heavy atom. The summed E-state index contributed by atoms with van der Waals surface area (Å²) < 4.78 is 19.3. The second-order valence-electron chi connectivity index (χ2n) is 6.56. The maximum absolute atomic E-state index is 14.0. The van der Waals surface area contributed by atoms with Crippen molar-refractivity contribution >= 4 is 11.8 Å². The molecule has 1 aromatic heterocycles. The molecule has 0 saturated carbocycles. The summed E-state index contributed by atoms with van der Waals surface area (Å²) in [6.07, 6.45) is 1.76. The fourth-order valence-corrected chi connectivity index (χ4v) is 3.50. The predicted octanol–water partition coefficient (Wildman–Crippen LogP) is 2.88. The van der Waals surface area contributed by atoms with Gasteiger partial charge in [0.15, 0.2) is 0 Å². The number of rotatable bonds is 6. The summed E-state index contributed by atoms with van der Waals surface area (Å²) in [7, 11) is 0. The molecule has 0 amide bonds. The molecule has 1 aromatic carbocycles. The van der Waals surface area contributed by atoms with E-state index < -0.39 is 17.8 Å². The number of aryl methyl sites for hydroxylation is 1. The standard InChI is InChI=1S/C20H24FN3O3/c1-3-27-17-12-15(11-16(21)13-17)18(20(25)26)23-7-9-24(10-8-23)19-14(2)5-4-6-22-19/h4-6,11-13,18H,3,7-10H2,1-2H3,(H,25,26). The van der Waals surface area contributed by atoms with Crippen molar-refractivity contribution in [2.45, 2.75) is 19.9 Å². The monoisotopic (exact) mass is 373 g/mol. The van der Waals surface area contributed by atoms with Gasteiger partial charge in [-0.15, -0.1) is 0 Å². The summed E-state index contributed by atoms with van der Waals surface area (Å²) in [5, 5.41) is 9.79. The number of aromatic nitrogens is 1. The van der Waals surface area contributed by atoms with Crippen molar-refractivity contribution < 1.29 is 19.0 Å². The van der Waals surface area contributed by atoms with Gasteiger partial charge in [-0.25, -0.2) is 9.37 Å². The average Bonchev–Trinajstić information content (AvgIpc) is 2.63. The third-order valence-electron chi connectivity index (χ3n) is 4.72. The molecule has 1 aliphatic heterocycles. The quantitative estimate of drug-likeness (QED) is 0.840. The third kappa shape index (κ3) is 4.36. The van der Waals surface area contributed by atoms with Gasteiger partial charge in [0.05, 0.1) is 6.61 Å². The van der Waals surface area contributed by atoms with Gasteiger partial charge >= 0.3 is 5.97 Å². The van der Waals surface area contributed by atoms with E-state index in [0.29, 0.717) is 44.1 Å². The first-order chi connectivity index (χ1) is 13.0. The van der Waals surface area contributed by atoms with Gasteiger partial charge in [0.1, 0.15) is 23.4 Å². The highest BCUT2D eigenvalue weighted by Gasteiger charge is 2.31. The van der Waals surface area contributed by atoms with E-state index in [2.05, 4.69) is 9.88 Å². The zero-order valence-electron chi connectivity index (χ0n) is 15.6. The Labute approximate surface area is 158 Å². The Kier molecular flexibility index (Phi) is 5.91. The van der Waals surface area contributed by atoms with Crippen LogP contribution in [0.25, 0.3) is 0 Å². The number of carboxylic acid groups (broad SMARTS) is 1. The van der Waals surface area contributed by atoms with Crippen LogP contribution in [0.5, 0.6) is 5.75 Å². The van der Waals surface area contributed by atoms with Crippen LogP contribution in [-0.2, 0) is 4.79 Å². The van der Waals surface area contributed by atoms with Gasteiger partial charge < -0.3 is 14.7 Å². The fourth-order valence-electron chi connectivity index (χ4n) is 3.50. The van der Waals surface area contributed by atoms with Crippen molar-refractivity contribution in [3.8, 4) is 5.75 Å². The smallest absolute Gasteiger partial charge is 0.325 e. The van der Waals surface area contributed by atoms with Crippen LogP contribution in [0, 0.1) is 12.7 Å². The number of benzene rings is 1. The molecule has 1 N–H and O–H groups in total. The number of ether oxygens (including phenoxy) is 1. The van der Waals surface area contributed by atoms with Crippen LogP contribution < -0.4 is 9.64 Å². The summed E-state index contributed by atoms with van der Waals surface area (Å²) in [4.78, 5) is 20.4. The lowest BCUT2D eigenvalue weighted by atomic mass is 10.0. The number of aliphatic carboxylic acids is 1. The molecular formula is C20H24FN3O3. The minimum atomic E-state index is -0.995. The van der Waals surface area contributed by atoms with Crippen LogP contribution >= 0.6 is 0 Å². The molecule has 1 unspecified atom stereocenters. The van der Waals surface area contributed by atoms with Crippen LogP contribution in [0.1, 0.15) is 24.1 Å². The van der Waals surface area contributed by atoms with Crippen molar-refractivity contribution in [2.24, 2.45) is 0 Å². The minimum Gasteiger partial charge on any atom is -0.494 e. The van der Waals surface area contributed by atoms with E-state index in [1.807, 2.05) is 24.0 Å². The van der Waals surface area contributed by atoms with Crippen LogP contribution in [0.2, 0.25) is 0 Å². The molecule has 1 saturated heterocycles. The average molecular weight is 373 g/mol. The zero-order chi connectivity index (χ0) is 19.4. The summed E-state index contributed by atoms with van der Waals surface area (Å²) in [5.41, 5.74) is 1.49. The van der Waals surface area contributed by atoms with Crippen LogP contribution in [0.4, 0.5) is 10.2 Å². The molecule has 27 heavy (non-hydrogen) atoms. The zero-order valence-corrected chi connectivity index (χ0v) is 15.6. The Bertz CT molecular complexity index is 807. The first kappa shape index (κ1) is 19.1. The number of carbonyl (C=O) groups is 1. The van der Waals surface area contributed by atoms with E-state index in [9.17, 15) is 14.3 Å². The highest BCUT2D eigenvalue weighted by Crippen LogP contribution is 2.28. The fraction of sp³-hybridized carbons (Fsp3) is 0.400. The van der Waals surface area contributed by atoms with Crippen LogP contribution in [-0.4, -0.2) is 53.7 Å². The van der Waals surface area contributed by atoms with Gasteiger partial charge in [0, 0.05) is 38.4 Å². The van der Waals surface area contributed by atoms with Crippen molar-refractivity contribution in [3.63, 3.8) is 0 Å². The van der Waals surface area contributed by atoms with E-state index >= 15 is 0 Å². The van der Waals surface area contributed by atoms with Gasteiger partial charge in [0.25, 0.3) is 0 Å². The lowest BCUT2D eigenvalue weighted by molar-refractivity contribution is -0.143. The van der Waals surface area contributed by atoms with Gasteiger partial charge in [-0.1, -0.05) is 6.07 Å². The maximum atomic E-state index is 14.0. The molecule has 0 radical (unpaired) electrons. The van der Waals surface area contributed by atoms with Crippen LogP contribution in [0.3, 0.4) is 0 Å².